The van der Waals surface area contributed by atoms with Crippen molar-refractivity contribution < 1.29 is 0 Å². The summed E-state index contributed by atoms with van der Waals surface area (Å²) >= 11 is 0. The second kappa shape index (κ2) is 6.06. The molecule has 0 saturated carbocycles. The summed E-state index contributed by atoms with van der Waals surface area (Å²) in [6, 6.07) is 4.08. The van der Waals surface area contributed by atoms with E-state index in [2.05, 4.69) is 4.98 Å². The molecule has 1 aromatic rings. The zero-order valence-corrected chi connectivity index (χ0v) is 7.81. The van der Waals surface area contributed by atoms with Crippen molar-refractivity contribution in [2.45, 2.75) is 18.9 Å². The molecule has 0 aromatic carbocycles. The normalized spacial score (nSPS) is 12.2. The Morgan fingerprint density at radius 1 is 1.50 bits per heavy atom. The third kappa shape index (κ3) is 3.26. The molecule has 0 aliphatic rings. The second-order valence-corrected chi connectivity index (χ2v) is 2.66. The van der Waals surface area contributed by atoms with Crippen molar-refractivity contribution in [2.24, 2.45) is 11.5 Å². The minimum atomic E-state index is 0. The van der Waals surface area contributed by atoms with E-state index in [9.17, 15) is 0 Å². The van der Waals surface area contributed by atoms with E-state index in [4.69, 9.17) is 11.5 Å². The third-order valence-corrected chi connectivity index (χ3v) is 1.74. The number of nitrogens with one attached hydrogen (secondary N) is 1. The average molecular weight is 190 g/mol. The fourth-order valence-corrected chi connectivity index (χ4v) is 1.07. The van der Waals surface area contributed by atoms with Gasteiger partial charge in [-0.3, -0.25) is 0 Å². The predicted octanol–water partition coefficient (Wildman–Crippen LogP) is 1.18. The number of H-pyrrole nitrogens is 1. The summed E-state index contributed by atoms with van der Waals surface area (Å²) in [5.74, 6) is 0. The van der Waals surface area contributed by atoms with Gasteiger partial charge in [0.25, 0.3) is 0 Å². The van der Waals surface area contributed by atoms with E-state index in [0.717, 1.165) is 18.5 Å². The zero-order chi connectivity index (χ0) is 8.10. The highest BCUT2D eigenvalue weighted by atomic mass is 35.5. The number of aromatic amines is 1. The summed E-state index contributed by atoms with van der Waals surface area (Å²) < 4.78 is 0. The summed E-state index contributed by atoms with van der Waals surface area (Å²) in [6.07, 6.45) is 3.83. The Bertz CT molecular complexity index is 186. The Kier molecular flexibility index (Phi) is 5.80. The molecule has 0 saturated heterocycles. The summed E-state index contributed by atoms with van der Waals surface area (Å²) in [5, 5.41) is 0. The standard InChI is InChI=1S/C8H15N3.ClH/c9-5-1-3-7(10)8-4-2-6-11-8;/h2,4,6-7,11H,1,3,5,9-10H2;1H/t7-;/m0./s1. The number of halogens is 1. The maximum absolute atomic E-state index is 5.84. The third-order valence-electron chi connectivity index (χ3n) is 1.74. The van der Waals surface area contributed by atoms with Gasteiger partial charge in [0, 0.05) is 17.9 Å². The van der Waals surface area contributed by atoms with Gasteiger partial charge in [0.1, 0.15) is 0 Å². The lowest BCUT2D eigenvalue weighted by Gasteiger charge is -2.07. The second-order valence-electron chi connectivity index (χ2n) is 2.66. The van der Waals surface area contributed by atoms with Gasteiger partial charge in [-0.25, -0.2) is 0 Å². The first-order valence-corrected chi connectivity index (χ1v) is 3.93. The number of hydrogen-bond acceptors (Lipinski definition) is 2. The summed E-state index contributed by atoms with van der Waals surface area (Å²) in [7, 11) is 0. The summed E-state index contributed by atoms with van der Waals surface area (Å²) in [4.78, 5) is 3.08. The quantitative estimate of drug-likeness (QED) is 0.666. The molecule has 1 heterocycles. The molecule has 0 fully saturated rings. The molecule has 0 aliphatic carbocycles. The Labute approximate surface area is 78.9 Å². The zero-order valence-electron chi connectivity index (χ0n) is 6.99. The first kappa shape index (κ1) is 11.5. The highest BCUT2D eigenvalue weighted by Crippen LogP contribution is 2.11. The molecule has 0 unspecified atom stereocenters. The Balaban J connectivity index is 0.00000121. The Morgan fingerprint density at radius 3 is 2.75 bits per heavy atom. The fraction of sp³-hybridized carbons (Fsp3) is 0.500. The van der Waals surface area contributed by atoms with Gasteiger partial charge in [-0.2, -0.15) is 0 Å². The SMILES string of the molecule is Cl.NCCC[C@H](N)c1ccc[nH]1. The first-order chi connectivity index (χ1) is 5.34. The van der Waals surface area contributed by atoms with E-state index in [1.165, 1.54) is 0 Å². The summed E-state index contributed by atoms with van der Waals surface area (Å²) in [5.41, 5.74) is 12.3. The molecule has 12 heavy (non-hydrogen) atoms. The van der Waals surface area contributed by atoms with Gasteiger partial charge >= 0.3 is 0 Å². The fourth-order valence-electron chi connectivity index (χ4n) is 1.07. The van der Waals surface area contributed by atoms with Crippen molar-refractivity contribution >= 4 is 12.4 Å². The van der Waals surface area contributed by atoms with E-state index in [1.54, 1.807) is 0 Å². The molecule has 0 aliphatic heterocycles. The number of rotatable bonds is 4. The largest absolute Gasteiger partial charge is 0.364 e. The molecule has 5 N–H and O–H groups in total. The van der Waals surface area contributed by atoms with Crippen molar-refractivity contribution in [3.63, 3.8) is 0 Å². The minimum absolute atomic E-state index is 0. The summed E-state index contributed by atoms with van der Waals surface area (Å²) in [6.45, 7) is 0.717. The van der Waals surface area contributed by atoms with E-state index in [-0.39, 0.29) is 18.4 Å². The lowest BCUT2D eigenvalue weighted by atomic mass is 10.1. The van der Waals surface area contributed by atoms with Crippen molar-refractivity contribution in [1.82, 2.24) is 4.98 Å². The van der Waals surface area contributed by atoms with Crippen LogP contribution in [0.4, 0.5) is 0 Å². The van der Waals surface area contributed by atoms with Crippen molar-refractivity contribution in [1.29, 1.82) is 0 Å². The topological polar surface area (TPSA) is 67.8 Å². The molecule has 1 atom stereocenters. The first-order valence-electron chi connectivity index (χ1n) is 3.93. The molecule has 1 rings (SSSR count). The molecule has 3 nitrogen and oxygen atoms in total. The van der Waals surface area contributed by atoms with Crippen LogP contribution in [0.15, 0.2) is 18.3 Å². The average Bonchev–Trinajstić information content (AvgIpc) is 2.52. The smallest absolute Gasteiger partial charge is 0.0448 e. The van der Waals surface area contributed by atoms with Crippen LogP contribution in [0.5, 0.6) is 0 Å². The van der Waals surface area contributed by atoms with Crippen LogP contribution in [0.3, 0.4) is 0 Å². The molecule has 4 heteroatoms. The van der Waals surface area contributed by atoms with Gasteiger partial charge in [0.2, 0.25) is 0 Å². The van der Waals surface area contributed by atoms with E-state index in [0.29, 0.717) is 6.54 Å². The van der Waals surface area contributed by atoms with Gasteiger partial charge in [-0.15, -0.1) is 12.4 Å². The van der Waals surface area contributed by atoms with Crippen LogP contribution in [0.2, 0.25) is 0 Å². The molecular formula is C8H16ClN3. The molecule has 0 bridgehead atoms. The predicted molar refractivity (Wildman–Crippen MR) is 53.3 cm³/mol. The maximum atomic E-state index is 5.84. The van der Waals surface area contributed by atoms with Crippen LogP contribution in [-0.2, 0) is 0 Å². The van der Waals surface area contributed by atoms with Crippen LogP contribution in [0.25, 0.3) is 0 Å². The molecule has 70 valence electrons. The van der Waals surface area contributed by atoms with Crippen molar-refractivity contribution in [3.05, 3.63) is 24.0 Å². The lowest BCUT2D eigenvalue weighted by molar-refractivity contribution is 0.606. The number of hydrogen-bond donors (Lipinski definition) is 3. The monoisotopic (exact) mass is 189 g/mol. The highest BCUT2D eigenvalue weighted by Gasteiger charge is 2.04. The van der Waals surface area contributed by atoms with E-state index >= 15 is 0 Å². The van der Waals surface area contributed by atoms with Crippen LogP contribution >= 0.6 is 12.4 Å². The van der Waals surface area contributed by atoms with Crippen LogP contribution in [0.1, 0.15) is 24.6 Å². The molecular weight excluding hydrogens is 174 g/mol. The van der Waals surface area contributed by atoms with Gasteiger partial charge in [0.05, 0.1) is 0 Å². The van der Waals surface area contributed by atoms with Crippen molar-refractivity contribution in [2.75, 3.05) is 6.54 Å². The maximum Gasteiger partial charge on any atom is 0.0448 e. The number of nitrogens with two attached hydrogens (primary N) is 2. The van der Waals surface area contributed by atoms with Crippen LogP contribution in [-0.4, -0.2) is 11.5 Å². The number of aromatic nitrogens is 1. The molecule has 0 amide bonds. The lowest BCUT2D eigenvalue weighted by Crippen LogP contribution is -2.12. The van der Waals surface area contributed by atoms with Gasteiger partial charge in [-0.05, 0) is 31.5 Å². The van der Waals surface area contributed by atoms with Crippen molar-refractivity contribution in [3.8, 4) is 0 Å². The minimum Gasteiger partial charge on any atom is -0.364 e. The van der Waals surface area contributed by atoms with Gasteiger partial charge < -0.3 is 16.5 Å². The van der Waals surface area contributed by atoms with Crippen LogP contribution < -0.4 is 11.5 Å². The van der Waals surface area contributed by atoms with Crippen LogP contribution in [0, 0.1) is 0 Å². The highest BCUT2D eigenvalue weighted by molar-refractivity contribution is 5.85. The molecule has 0 radical (unpaired) electrons. The van der Waals surface area contributed by atoms with Gasteiger partial charge in [-0.1, -0.05) is 0 Å². The molecule has 1 aromatic heterocycles. The molecule has 0 spiro atoms. The van der Waals surface area contributed by atoms with E-state index < -0.39 is 0 Å². The Hall–Kier alpha value is -0.510. The van der Waals surface area contributed by atoms with E-state index in [1.807, 2.05) is 18.3 Å². The van der Waals surface area contributed by atoms with Gasteiger partial charge in [0.15, 0.2) is 0 Å². The Morgan fingerprint density at radius 2 is 2.25 bits per heavy atom.